The molecule has 5 heterocycles. The number of carbonyl (C=O) groups excluding carboxylic acids is 2. The van der Waals surface area contributed by atoms with Crippen LogP contribution in [0.1, 0.15) is 51.2 Å². The number of pyridine rings is 1. The average molecular weight is 791 g/mol. The van der Waals surface area contributed by atoms with E-state index in [-0.39, 0.29) is 44.6 Å². The zero-order valence-corrected chi connectivity index (χ0v) is 33.6. The van der Waals surface area contributed by atoms with Crippen molar-refractivity contribution >= 4 is 31.6 Å². The van der Waals surface area contributed by atoms with Gasteiger partial charge in [-0.1, -0.05) is 19.6 Å². The van der Waals surface area contributed by atoms with Crippen molar-refractivity contribution in [3.63, 3.8) is 0 Å². The molecule has 0 N–H and O–H groups in total. The fraction of sp³-hybridized carbons (Fsp3) is 0.676. The number of nitriles is 1. The van der Waals surface area contributed by atoms with Crippen LogP contribution in [0.15, 0.2) is 29.3 Å². The number of likely N-dealkylation sites (tertiary alicyclic amines) is 1. The summed E-state index contributed by atoms with van der Waals surface area (Å²) in [4.78, 5) is 51.6. The minimum Gasteiger partial charge on any atom is -0.444 e. The largest absolute Gasteiger partial charge is 0.444 e. The van der Waals surface area contributed by atoms with E-state index in [0.717, 1.165) is 18.1 Å². The molecule has 3 aliphatic rings. The third-order valence-corrected chi connectivity index (χ3v) is 11.6. The summed E-state index contributed by atoms with van der Waals surface area (Å²) in [5, 5.41) is 13.2. The number of piperidine rings is 1. The average Bonchev–Trinajstić information content (AvgIpc) is 3.59. The molecular formula is C37H53F3N8O6Si. The van der Waals surface area contributed by atoms with Crippen molar-refractivity contribution in [3.8, 4) is 6.07 Å². The molecule has 18 heteroatoms. The van der Waals surface area contributed by atoms with Crippen molar-refractivity contribution in [2.75, 3.05) is 68.8 Å². The van der Waals surface area contributed by atoms with E-state index in [1.165, 1.54) is 16.0 Å². The number of hydrogen-bond donors (Lipinski definition) is 0. The van der Waals surface area contributed by atoms with Gasteiger partial charge in [0.15, 0.2) is 0 Å². The lowest BCUT2D eigenvalue weighted by Crippen LogP contribution is -2.56. The van der Waals surface area contributed by atoms with Crippen LogP contribution in [0.5, 0.6) is 0 Å². The zero-order chi connectivity index (χ0) is 40.1. The van der Waals surface area contributed by atoms with Crippen molar-refractivity contribution in [1.29, 1.82) is 5.26 Å². The van der Waals surface area contributed by atoms with E-state index in [4.69, 9.17) is 19.5 Å². The first-order valence-corrected chi connectivity index (χ1v) is 22.5. The first kappa shape index (κ1) is 41.9. The van der Waals surface area contributed by atoms with Crippen molar-refractivity contribution < 1.29 is 37.0 Å². The monoisotopic (exact) mass is 790 g/mol. The molecule has 2 unspecified atom stereocenters. The van der Waals surface area contributed by atoms with Crippen LogP contribution in [0.4, 0.5) is 29.5 Å². The predicted molar refractivity (Wildman–Crippen MR) is 201 cm³/mol. The van der Waals surface area contributed by atoms with Crippen LogP contribution in [0, 0.1) is 17.2 Å². The number of anilines is 2. The van der Waals surface area contributed by atoms with Crippen molar-refractivity contribution in [2.24, 2.45) is 5.92 Å². The van der Waals surface area contributed by atoms with Gasteiger partial charge in [-0.05, 0) is 58.2 Å². The van der Waals surface area contributed by atoms with Crippen molar-refractivity contribution in [2.45, 2.75) is 96.4 Å². The molecule has 14 nitrogen and oxygen atoms in total. The molecule has 5 rings (SSSR count). The van der Waals surface area contributed by atoms with Crippen molar-refractivity contribution in [1.82, 2.24) is 24.6 Å². The van der Waals surface area contributed by atoms with Crippen LogP contribution < -0.4 is 15.4 Å². The highest BCUT2D eigenvalue weighted by molar-refractivity contribution is 6.76. The molecule has 0 radical (unpaired) electrons. The van der Waals surface area contributed by atoms with Gasteiger partial charge in [0.25, 0.3) is 5.56 Å². The third-order valence-electron chi connectivity index (χ3n) is 9.93. The maximum absolute atomic E-state index is 14.5. The standard InChI is InChI=1S/C37H53F3N8O6Si/c1-36(2,3)54-35(51)46-22-27(33(49)45-14-12-44(13-15-45)31-10-9-26(19-41)20-42-31)18-29(23-46)53-24-28-8-7-11-47(28)30-21-43-48(25-52-16-17-55(4,5)6)34(50)32(30)37(38,39)40/h9-10,20-21,27-29H,7-8,11-18,22-25H2,1-6H3/t27?,28-,29?/m0/s1. The van der Waals surface area contributed by atoms with Gasteiger partial charge < -0.3 is 33.8 Å². The maximum Gasteiger partial charge on any atom is 0.423 e. The molecule has 0 bridgehead atoms. The lowest BCUT2D eigenvalue weighted by Gasteiger charge is -2.41. The van der Waals surface area contributed by atoms with E-state index in [1.807, 2.05) is 4.90 Å². The molecule has 3 saturated heterocycles. The Hall–Kier alpha value is -4.21. The summed E-state index contributed by atoms with van der Waals surface area (Å²) in [6.07, 6.45) is -2.10. The van der Waals surface area contributed by atoms with Gasteiger partial charge in [0, 0.05) is 60.1 Å². The second kappa shape index (κ2) is 17.3. The Kier molecular flexibility index (Phi) is 13.2. The van der Waals surface area contributed by atoms with Gasteiger partial charge in [-0.15, -0.1) is 0 Å². The lowest BCUT2D eigenvalue weighted by atomic mass is 9.94. The zero-order valence-electron chi connectivity index (χ0n) is 32.6. The summed E-state index contributed by atoms with van der Waals surface area (Å²) in [5.41, 5.74) is -3.17. The smallest absolute Gasteiger partial charge is 0.423 e. The molecule has 0 aliphatic carbocycles. The molecule has 2 aromatic rings. The summed E-state index contributed by atoms with van der Waals surface area (Å²) >= 11 is 0. The van der Waals surface area contributed by atoms with E-state index < -0.39 is 55.1 Å². The second-order valence-electron chi connectivity index (χ2n) is 16.6. The van der Waals surface area contributed by atoms with Crippen LogP contribution in [-0.4, -0.2) is 121 Å². The number of carbonyl (C=O) groups is 2. The van der Waals surface area contributed by atoms with Crippen molar-refractivity contribution in [3.05, 3.63) is 46.0 Å². The number of rotatable bonds is 11. The van der Waals surface area contributed by atoms with Crippen LogP contribution in [0.2, 0.25) is 25.7 Å². The predicted octanol–water partition coefficient (Wildman–Crippen LogP) is 4.80. The molecule has 0 aromatic carbocycles. The summed E-state index contributed by atoms with van der Waals surface area (Å²) in [7, 11) is -1.44. The van der Waals surface area contributed by atoms with Gasteiger partial charge in [-0.3, -0.25) is 9.59 Å². The lowest BCUT2D eigenvalue weighted by molar-refractivity contribution is -0.140. The van der Waals surface area contributed by atoms with Gasteiger partial charge in [0.05, 0.1) is 48.7 Å². The van der Waals surface area contributed by atoms with Crippen LogP contribution in [-0.2, 0) is 31.9 Å². The number of halogens is 3. The minimum atomic E-state index is -4.93. The number of ether oxygens (including phenoxy) is 3. The Balaban J connectivity index is 1.27. The van der Waals surface area contributed by atoms with Gasteiger partial charge in [0.1, 0.15) is 29.8 Å². The SMILES string of the molecule is CC(C)(C)OC(=O)N1CC(OC[C@@H]2CCCN2c2cnn(COCC[Si](C)(C)C)c(=O)c2C(F)(F)F)CC(C(=O)N2CCN(c3ccc(C#N)cn3)CC2)C1. The van der Waals surface area contributed by atoms with Gasteiger partial charge in [-0.25, -0.2) is 14.5 Å². The summed E-state index contributed by atoms with van der Waals surface area (Å²) < 4.78 is 61.8. The summed E-state index contributed by atoms with van der Waals surface area (Å²) in [5.74, 6) is 0.00490. The van der Waals surface area contributed by atoms with Gasteiger partial charge >= 0.3 is 12.3 Å². The highest BCUT2D eigenvalue weighted by Gasteiger charge is 2.43. The number of piperazine rings is 1. The number of hydrogen-bond acceptors (Lipinski definition) is 11. The minimum absolute atomic E-state index is 0.0180. The number of alkyl halides is 3. The first-order valence-electron chi connectivity index (χ1n) is 18.8. The normalized spacial score (nSPS) is 21.1. The van der Waals surface area contributed by atoms with E-state index in [9.17, 15) is 27.6 Å². The van der Waals surface area contributed by atoms with Gasteiger partial charge in [0.2, 0.25) is 5.91 Å². The Morgan fingerprint density at radius 1 is 1.02 bits per heavy atom. The second-order valence-corrected chi connectivity index (χ2v) is 22.3. The molecule has 3 fully saturated rings. The highest BCUT2D eigenvalue weighted by atomic mass is 28.3. The van der Waals surface area contributed by atoms with Crippen LogP contribution in [0.25, 0.3) is 0 Å². The molecule has 2 amide bonds. The van der Waals surface area contributed by atoms with Crippen LogP contribution >= 0.6 is 0 Å². The number of aromatic nitrogens is 3. The Morgan fingerprint density at radius 3 is 2.36 bits per heavy atom. The fourth-order valence-corrected chi connectivity index (χ4v) is 7.80. The molecular weight excluding hydrogens is 738 g/mol. The van der Waals surface area contributed by atoms with Crippen LogP contribution in [0.3, 0.4) is 0 Å². The number of nitrogens with zero attached hydrogens (tertiary/aromatic N) is 8. The molecule has 3 atom stereocenters. The molecule has 302 valence electrons. The highest BCUT2D eigenvalue weighted by Crippen LogP contribution is 2.37. The topological polar surface area (TPSA) is 146 Å². The van der Waals surface area contributed by atoms with E-state index in [1.54, 1.807) is 37.8 Å². The van der Waals surface area contributed by atoms with Gasteiger partial charge in [-0.2, -0.15) is 23.5 Å². The molecule has 3 aliphatic heterocycles. The van der Waals surface area contributed by atoms with E-state index in [2.05, 4.69) is 35.8 Å². The molecule has 0 spiro atoms. The molecule has 55 heavy (non-hydrogen) atoms. The quantitative estimate of drug-likeness (QED) is 0.229. The van der Waals surface area contributed by atoms with E-state index in [0.29, 0.717) is 62.3 Å². The Bertz CT molecular complexity index is 1750. The number of amides is 2. The molecule has 2 aromatic heterocycles. The third kappa shape index (κ3) is 11.2. The molecule has 0 saturated carbocycles. The first-order chi connectivity index (χ1) is 25.8. The Morgan fingerprint density at radius 2 is 1.75 bits per heavy atom. The summed E-state index contributed by atoms with van der Waals surface area (Å²) in [6, 6.07) is 5.83. The Labute approximate surface area is 321 Å². The maximum atomic E-state index is 14.5. The summed E-state index contributed by atoms with van der Waals surface area (Å²) in [6.45, 7) is 14.2. The van der Waals surface area contributed by atoms with E-state index >= 15 is 0 Å². The fourth-order valence-electron chi connectivity index (χ4n) is 7.04.